The van der Waals surface area contributed by atoms with E-state index < -0.39 is 0 Å². The lowest BCUT2D eigenvalue weighted by atomic mass is 9.79. The highest BCUT2D eigenvalue weighted by Gasteiger charge is 2.41. The standard InChI is InChI=1S/C18H26O2/c1-13-9-14(2)11-16(10-13)17(19)15-5-8-20-18(12-15)6-3-4-7-18/h9-11,15,17,19H,3-8,12H2,1-2H3. The van der Waals surface area contributed by atoms with Crippen LogP contribution in [0.5, 0.6) is 0 Å². The summed E-state index contributed by atoms with van der Waals surface area (Å²) >= 11 is 0. The third-order valence-corrected chi connectivity index (χ3v) is 5.08. The third kappa shape index (κ3) is 2.77. The van der Waals surface area contributed by atoms with Crippen molar-refractivity contribution in [1.29, 1.82) is 0 Å². The van der Waals surface area contributed by atoms with Crippen molar-refractivity contribution < 1.29 is 9.84 Å². The van der Waals surface area contributed by atoms with E-state index in [4.69, 9.17) is 4.74 Å². The lowest BCUT2D eigenvalue weighted by molar-refractivity contribution is -0.113. The van der Waals surface area contributed by atoms with Crippen LogP contribution in [0.1, 0.15) is 61.3 Å². The van der Waals surface area contributed by atoms with Gasteiger partial charge in [0.1, 0.15) is 0 Å². The van der Waals surface area contributed by atoms with Gasteiger partial charge in [0.15, 0.2) is 0 Å². The van der Waals surface area contributed by atoms with Crippen LogP contribution in [0.25, 0.3) is 0 Å². The van der Waals surface area contributed by atoms with Crippen molar-refractivity contribution in [3.8, 4) is 0 Å². The summed E-state index contributed by atoms with van der Waals surface area (Å²) in [7, 11) is 0. The lowest BCUT2D eigenvalue weighted by Gasteiger charge is -2.40. The van der Waals surface area contributed by atoms with E-state index in [1.807, 2.05) is 0 Å². The van der Waals surface area contributed by atoms with Gasteiger partial charge in [-0.2, -0.15) is 0 Å². The molecule has 0 radical (unpaired) electrons. The van der Waals surface area contributed by atoms with Crippen LogP contribution in [0.15, 0.2) is 18.2 Å². The van der Waals surface area contributed by atoms with Gasteiger partial charge in [-0.15, -0.1) is 0 Å². The molecule has 2 nitrogen and oxygen atoms in total. The number of benzene rings is 1. The van der Waals surface area contributed by atoms with E-state index in [0.29, 0.717) is 5.92 Å². The highest BCUT2D eigenvalue weighted by atomic mass is 16.5. The fraction of sp³-hybridized carbons (Fsp3) is 0.667. The van der Waals surface area contributed by atoms with Crippen LogP contribution in [0.3, 0.4) is 0 Å². The molecule has 2 heteroatoms. The van der Waals surface area contributed by atoms with Crippen molar-refractivity contribution in [2.45, 2.75) is 64.1 Å². The first-order chi connectivity index (χ1) is 9.58. The molecule has 0 bridgehead atoms. The molecule has 1 aromatic carbocycles. The maximum atomic E-state index is 10.8. The average molecular weight is 274 g/mol. The fourth-order valence-electron chi connectivity index (χ4n) is 4.16. The van der Waals surface area contributed by atoms with Crippen LogP contribution in [-0.4, -0.2) is 17.3 Å². The SMILES string of the molecule is Cc1cc(C)cc(C(O)C2CCOC3(CCCC3)C2)c1. The van der Waals surface area contributed by atoms with E-state index >= 15 is 0 Å². The molecule has 2 atom stereocenters. The topological polar surface area (TPSA) is 29.5 Å². The van der Waals surface area contributed by atoms with Crippen LogP contribution >= 0.6 is 0 Å². The second kappa shape index (κ2) is 5.50. The summed E-state index contributed by atoms with van der Waals surface area (Å²) in [6, 6.07) is 6.43. The van der Waals surface area contributed by atoms with Gasteiger partial charge in [-0.1, -0.05) is 42.2 Å². The number of aryl methyl sites for hydroxylation is 2. The summed E-state index contributed by atoms with van der Waals surface area (Å²) in [6.45, 7) is 5.02. The van der Waals surface area contributed by atoms with Gasteiger partial charge < -0.3 is 9.84 Å². The number of aliphatic hydroxyl groups excluding tert-OH is 1. The molecule has 1 spiro atoms. The van der Waals surface area contributed by atoms with Crippen molar-refractivity contribution in [3.05, 3.63) is 34.9 Å². The molecule has 1 saturated carbocycles. The molecule has 20 heavy (non-hydrogen) atoms. The van der Waals surface area contributed by atoms with E-state index in [2.05, 4.69) is 32.0 Å². The molecule has 1 aromatic rings. The normalized spacial score (nSPS) is 26.9. The van der Waals surface area contributed by atoms with Crippen molar-refractivity contribution >= 4 is 0 Å². The number of hydrogen-bond acceptors (Lipinski definition) is 2. The summed E-state index contributed by atoms with van der Waals surface area (Å²) in [6.07, 6.45) is 6.61. The first-order valence-corrected chi connectivity index (χ1v) is 7.98. The molecule has 1 saturated heterocycles. The van der Waals surface area contributed by atoms with Crippen LogP contribution in [-0.2, 0) is 4.74 Å². The maximum Gasteiger partial charge on any atom is 0.0820 e. The molecule has 1 N–H and O–H groups in total. The Morgan fingerprint density at radius 1 is 1.15 bits per heavy atom. The fourth-order valence-corrected chi connectivity index (χ4v) is 4.16. The summed E-state index contributed by atoms with van der Waals surface area (Å²) in [5.41, 5.74) is 3.65. The minimum Gasteiger partial charge on any atom is -0.388 e. The minimum atomic E-state index is -0.338. The molecule has 1 aliphatic carbocycles. The van der Waals surface area contributed by atoms with Gasteiger partial charge in [0.05, 0.1) is 11.7 Å². The molecule has 2 aliphatic rings. The highest BCUT2D eigenvalue weighted by Crippen LogP contribution is 2.45. The lowest BCUT2D eigenvalue weighted by Crippen LogP contribution is -2.39. The van der Waals surface area contributed by atoms with Crippen molar-refractivity contribution in [1.82, 2.24) is 0 Å². The summed E-state index contributed by atoms with van der Waals surface area (Å²) in [5, 5.41) is 10.8. The molecule has 1 heterocycles. The Balaban J connectivity index is 1.77. The summed E-state index contributed by atoms with van der Waals surface area (Å²) in [4.78, 5) is 0. The van der Waals surface area contributed by atoms with E-state index in [9.17, 15) is 5.11 Å². The van der Waals surface area contributed by atoms with E-state index in [-0.39, 0.29) is 11.7 Å². The van der Waals surface area contributed by atoms with Gasteiger partial charge in [0.25, 0.3) is 0 Å². The van der Waals surface area contributed by atoms with Gasteiger partial charge in [0, 0.05) is 6.61 Å². The van der Waals surface area contributed by atoms with E-state index in [1.165, 1.54) is 36.8 Å². The zero-order valence-electron chi connectivity index (χ0n) is 12.7. The minimum absolute atomic E-state index is 0.0861. The van der Waals surface area contributed by atoms with Gasteiger partial charge in [-0.3, -0.25) is 0 Å². The first-order valence-electron chi connectivity index (χ1n) is 7.98. The second-order valence-corrected chi connectivity index (χ2v) is 6.86. The molecular formula is C18H26O2. The third-order valence-electron chi connectivity index (χ3n) is 5.08. The molecular weight excluding hydrogens is 248 g/mol. The Morgan fingerprint density at radius 2 is 1.80 bits per heavy atom. The Kier molecular flexibility index (Phi) is 3.87. The van der Waals surface area contributed by atoms with Crippen LogP contribution in [0.2, 0.25) is 0 Å². The molecule has 0 aromatic heterocycles. The quantitative estimate of drug-likeness (QED) is 0.880. The molecule has 2 fully saturated rings. The first kappa shape index (κ1) is 14.1. The van der Waals surface area contributed by atoms with Crippen LogP contribution in [0.4, 0.5) is 0 Å². The molecule has 110 valence electrons. The molecule has 0 amide bonds. The van der Waals surface area contributed by atoms with Gasteiger partial charge in [0.2, 0.25) is 0 Å². The zero-order chi connectivity index (χ0) is 14.2. The van der Waals surface area contributed by atoms with Gasteiger partial charge in [-0.25, -0.2) is 0 Å². The number of ether oxygens (including phenoxy) is 1. The average Bonchev–Trinajstić information content (AvgIpc) is 2.85. The smallest absolute Gasteiger partial charge is 0.0820 e. The molecule has 3 rings (SSSR count). The van der Waals surface area contributed by atoms with Gasteiger partial charge >= 0.3 is 0 Å². The molecule has 2 unspecified atom stereocenters. The summed E-state index contributed by atoms with van der Waals surface area (Å²) in [5.74, 6) is 0.350. The predicted octanol–water partition coefficient (Wildman–Crippen LogP) is 4.08. The number of aliphatic hydroxyl groups is 1. The predicted molar refractivity (Wildman–Crippen MR) is 80.8 cm³/mol. The number of rotatable bonds is 2. The van der Waals surface area contributed by atoms with E-state index in [1.54, 1.807) is 0 Å². The Labute approximate surface area is 122 Å². The Bertz CT molecular complexity index is 454. The van der Waals surface area contributed by atoms with Crippen LogP contribution in [0, 0.1) is 19.8 Å². The monoisotopic (exact) mass is 274 g/mol. The Hall–Kier alpha value is -0.860. The van der Waals surface area contributed by atoms with Gasteiger partial charge in [-0.05, 0) is 51.0 Å². The second-order valence-electron chi connectivity index (χ2n) is 6.86. The van der Waals surface area contributed by atoms with Crippen molar-refractivity contribution in [2.75, 3.05) is 6.61 Å². The maximum absolute atomic E-state index is 10.8. The van der Waals surface area contributed by atoms with Crippen molar-refractivity contribution in [3.63, 3.8) is 0 Å². The molecule has 1 aliphatic heterocycles. The number of hydrogen-bond donors (Lipinski definition) is 1. The highest BCUT2D eigenvalue weighted by molar-refractivity contribution is 5.30. The summed E-state index contributed by atoms with van der Waals surface area (Å²) < 4.78 is 6.08. The zero-order valence-corrected chi connectivity index (χ0v) is 12.7. The largest absolute Gasteiger partial charge is 0.388 e. The van der Waals surface area contributed by atoms with Crippen LogP contribution < -0.4 is 0 Å². The van der Waals surface area contributed by atoms with E-state index in [0.717, 1.165) is 25.0 Å². The Morgan fingerprint density at radius 3 is 2.45 bits per heavy atom. The van der Waals surface area contributed by atoms with Crippen molar-refractivity contribution in [2.24, 2.45) is 5.92 Å².